The Balaban J connectivity index is 0.00000208. The zero-order chi connectivity index (χ0) is 16.3. The number of carbonyl (C=O) groups excluding carboxylic acids is 2. The van der Waals surface area contributed by atoms with Crippen molar-refractivity contribution < 1.29 is 9.59 Å². The van der Waals surface area contributed by atoms with Crippen molar-refractivity contribution in [3.63, 3.8) is 0 Å². The molecule has 2 fully saturated rings. The molecule has 0 bridgehead atoms. The third kappa shape index (κ3) is 3.90. The van der Waals surface area contributed by atoms with Crippen LogP contribution in [0.25, 0.3) is 0 Å². The van der Waals surface area contributed by atoms with Gasteiger partial charge >= 0.3 is 0 Å². The monoisotopic (exact) mass is 351 g/mol. The van der Waals surface area contributed by atoms with E-state index in [4.69, 9.17) is 0 Å². The molecule has 3 N–H and O–H groups in total. The van der Waals surface area contributed by atoms with E-state index in [1.54, 1.807) is 0 Å². The summed E-state index contributed by atoms with van der Waals surface area (Å²) >= 11 is 0. The molecular formula is C18H26ClN3O2. The molecule has 5 nitrogen and oxygen atoms in total. The summed E-state index contributed by atoms with van der Waals surface area (Å²) in [7, 11) is 0. The molecule has 3 rings (SSSR count). The Morgan fingerprint density at radius 3 is 2.71 bits per heavy atom. The van der Waals surface area contributed by atoms with Gasteiger partial charge < -0.3 is 16.0 Å². The lowest BCUT2D eigenvalue weighted by atomic mass is 9.67. The maximum Gasteiger partial charge on any atom is 0.232 e. The van der Waals surface area contributed by atoms with Gasteiger partial charge in [0.1, 0.15) is 0 Å². The Labute approximate surface area is 149 Å². The highest BCUT2D eigenvalue weighted by Gasteiger charge is 2.49. The smallest absolute Gasteiger partial charge is 0.232 e. The van der Waals surface area contributed by atoms with Crippen LogP contribution in [0, 0.1) is 11.3 Å². The van der Waals surface area contributed by atoms with Gasteiger partial charge in [0.05, 0.1) is 5.41 Å². The number of rotatable bonds is 4. The molecule has 2 atom stereocenters. The maximum atomic E-state index is 12.9. The molecule has 1 saturated heterocycles. The van der Waals surface area contributed by atoms with E-state index in [9.17, 15) is 9.59 Å². The average molecular weight is 352 g/mol. The summed E-state index contributed by atoms with van der Waals surface area (Å²) in [5.41, 5.74) is 1.62. The van der Waals surface area contributed by atoms with Gasteiger partial charge in [-0.1, -0.05) is 25.0 Å². The van der Waals surface area contributed by atoms with Crippen molar-refractivity contribution in [2.75, 3.05) is 18.4 Å². The van der Waals surface area contributed by atoms with Gasteiger partial charge in [-0.3, -0.25) is 9.59 Å². The minimum atomic E-state index is -0.229. The van der Waals surface area contributed by atoms with Crippen LogP contribution in [0.3, 0.4) is 0 Å². The summed E-state index contributed by atoms with van der Waals surface area (Å²) < 4.78 is 0. The Hall–Kier alpha value is -1.59. The molecule has 0 unspecified atom stereocenters. The SMILES string of the molecule is CC(=O)NCc1ccc(NC(=O)[C@@]23CCCC[C@H]2CNC3)cc1.Cl. The number of benzene rings is 1. The molecule has 2 amide bonds. The quantitative estimate of drug-likeness (QED) is 0.780. The minimum absolute atomic E-state index is 0. The topological polar surface area (TPSA) is 70.2 Å². The molecule has 2 aliphatic rings. The molecule has 1 aliphatic heterocycles. The van der Waals surface area contributed by atoms with Gasteiger partial charge in [-0.25, -0.2) is 0 Å². The van der Waals surface area contributed by atoms with Crippen LogP contribution in [0.1, 0.15) is 38.2 Å². The first-order chi connectivity index (χ1) is 11.1. The highest BCUT2D eigenvalue weighted by atomic mass is 35.5. The van der Waals surface area contributed by atoms with Crippen LogP contribution >= 0.6 is 12.4 Å². The van der Waals surface area contributed by atoms with Crippen LogP contribution in [0.2, 0.25) is 0 Å². The van der Waals surface area contributed by atoms with Crippen LogP contribution in [0.4, 0.5) is 5.69 Å². The third-order valence-corrected chi connectivity index (χ3v) is 5.24. The molecule has 1 heterocycles. The van der Waals surface area contributed by atoms with Crippen molar-refractivity contribution in [1.82, 2.24) is 10.6 Å². The average Bonchev–Trinajstić information content (AvgIpc) is 2.99. The number of amides is 2. The van der Waals surface area contributed by atoms with Gasteiger partial charge in [-0.15, -0.1) is 12.4 Å². The van der Waals surface area contributed by atoms with E-state index in [2.05, 4.69) is 16.0 Å². The predicted octanol–water partition coefficient (Wildman–Crippen LogP) is 2.46. The summed E-state index contributed by atoms with van der Waals surface area (Å²) in [6, 6.07) is 7.70. The summed E-state index contributed by atoms with van der Waals surface area (Å²) in [5.74, 6) is 0.579. The molecule has 0 spiro atoms. The van der Waals surface area contributed by atoms with Crippen LogP contribution in [-0.2, 0) is 16.1 Å². The first kappa shape index (κ1) is 18.7. The predicted molar refractivity (Wildman–Crippen MR) is 97.1 cm³/mol. The van der Waals surface area contributed by atoms with Crippen molar-refractivity contribution >= 4 is 29.9 Å². The Bertz CT molecular complexity index is 590. The number of hydrogen-bond acceptors (Lipinski definition) is 3. The lowest BCUT2D eigenvalue weighted by Crippen LogP contribution is -2.44. The zero-order valence-corrected chi connectivity index (χ0v) is 14.9. The van der Waals surface area contributed by atoms with Gasteiger partial charge in [0, 0.05) is 25.7 Å². The third-order valence-electron chi connectivity index (χ3n) is 5.24. The van der Waals surface area contributed by atoms with Crippen molar-refractivity contribution in [3.8, 4) is 0 Å². The second-order valence-electron chi connectivity index (χ2n) is 6.79. The molecule has 0 aromatic heterocycles. The Kier molecular flexibility index (Phi) is 6.24. The summed E-state index contributed by atoms with van der Waals surface area (Å²) in [5, 5.41) is 9.28. The molecular weight excluding hydrogens is 326 g/mol. The van der Waals surface area contributed by atoms with Gasteiger partial charge in [-0.05, 0) is 43.0 Å². The Morgan fingerprint density at radius 2 is 2.00 bits per heavy atom. The molecule has 6 heteroatoms. The van der Waals surface area contributed by atoms with Crippen LogP contribution < -0.4 is 16.0 Å². The maximum absolute atomic E-state index is 12.9. The molecule has 1 aliphatic carbocycles. The van der Waals surface area contributed by atoms with Crippen LogP contribution in [0.15, 0.2) is 24.3 Å². The first-order valence-corrected chi connectivity index (χ1v) is 8.46. The normalized spacial score (nSPS) is 25.3. The first-order valence-electron chi connectivity index (χ1n) is 8.46. The molecule has 132 valence electrons. The lowest BCUT2D eigenvalue weighted by Gasteiger charge is -2.37. The highest BCUT2D eigenvalue weighted by molar-refractivity contribution is 5.96. The number of halogens is 1. The van der Waals surface area contributed by atoms with Crippen molar-refractivity contribution in [3.05, 3.63) is 29.8 Å². The fourth-order valence-electron chi connectivity index (χ4n) is 3.88. The van der Waals surface area contributed by atoms with Gasteiger partial charge in [0.25, 0.3) is 0 Å². The van der Waals surface area contributed by atoms with Gasteiger partial charge in [0.2, 0.25) is 11.8 Å². The molecule has 1 saturated carbocycles. The number of nitrogens with one attached hydrogen (secondary N) is 3. The largest absolute Gasteiger partial charge is 0.352 e. The standard InChI is InChI=1S/C18H25N3O2.ClH/c1-13(22)20-10-14-5-7-16(8-6-14)21-17(23)18-9-3-2-4-15(18)11-19-12-18;/h5-8,15,19H,2-4,9-12H2,1H3,(H,20,22)(H,21,23);1H/t15-,18+;/m0./s1. The Morgan fingerprint density at radius 1 is 1.25 bits per heavy atom. The van der Waals surface area contributed by atoms with Crippen molar-refractivity contribution in [1.29, 1.82) is 0 Å². The van der Waals surface area contributed by atoms with Crippen molar-refractivity contribution in [2.24, 2.45) is 11.3 Å². The van der Waals surface area contributed by atoms with Crippen LogP contribution in [-0.4, -0.2) is 24.9 Å². The summed E-state index contributed by atoms with van der Waals surface area (Å²) in [4.78, 5) is 23.8. The van der Waals surface area contributed by atoms with Gasteiger partial charge in [0.15, 0.2) is 0 Å². The summed E-state index contributed by atoms with van der Waals surface area (Å²) in [6.45, 7) is 3.77. The van der Waals surface area contributed by atoms with E-state index < -0.39 is 0 Å². The van der Waals surface area contributed by atoms with Gasteiger partial charge in [-0.2, -0.15) is 0 Å². The second kappa shape index (κ2) is 7.99. The second-order valence-corrected chi connectivity index (χ2v) is 6.79. The number of fused-ring (bicyclic) bond motifs is 1. The minimum Gasteiger partial charge on any atom is -0.352 e. The van der Waals surface area contributed by atoms with E-state index >= 15 is 0 Å². The molecule has 24 heavy (non-hydrogen) atoms. The number of anilines is 1. The lowest BCUT2D eigenvalue weighted by molar-refractivity contribution is -0.128. The van der Waals surface area contributed by atoms with E-state index in [1.807, 2.05) is 24.3 Å². The van der Waals surface area contributed by atoms with Crippen LogP contribution in [0.5, 0.6) is 0 Å². The van der Waals surface area contributed by atoms with E-state index in [1.165, 1.54) is 13.3 Å². The zero-order valence-electron chi connectivity index (χ0n) is 14.1. The summed E-state index contributed by atoms with van der Waals surface area (Å²) in [6.07, 6.45) is 4.51. The molecule has 1 aromatic carbocycles. The van der Waals surface area contributed by atoms with E-state index in [0.29, 0.717) is 12.5 Å². The van der Waals surface area contributed by atoms with E-state index in [-0.39, 0.29) is 29.6 Å². The fraction of sp³-hybridized carbons (Fsp3) is 0.556. The number of hydrogen-bond donors (Lipinski definition) is 3. The highest BCUT2D eigenvalue weighted by Crippen LogP contribution is 2.44. The molecule has 1 aromatic rings. The number of carbonyl (C=O) groups is 2. The molecule has 0 radical (unpaired) electrons. The van der Waals surface area contributed by atoms with E-state index in [0.717, 1.165) is 43.6 Å². The van der Waals surface area contributed by atoms with Crippen molar-refractivity contribution in [2.45, 2.75) is 39.2 Å². The fourth-order valence-corrected chi connectivity index (χ4v) is 3.88.